The monoisotopic (exact) mass is 155 g/mol. The van der Waals surface area contributed by atoms with Crippen LogP contribution in [0.25, 0.3) is 0 Å². The van der Waals surface area contributed by atoms with E-state index in [-0.39, 0.29) is 6.03 Å². The van der Waals surface area contributed by atoms with Gasteiger partial charge in [-0.1, -0.05) is 13.3 Å². The van der Waals surface area contributed by atoms with Gasteiger partial charge in [-0.3, -0.25) is 0 Å². The first-order valence-electron chi connectivity index (χ1n) is 3.92. The molecule has 0 bridgehead atoms. The summed E-state index contributed by atoms with van der Waals surface area (Å²) in [6, 6.07) is -0.232. The van der Waals surface area contributed by atoms with Crippen LogP contribution in [0.15, 0.2) is 4.99 Å². The van der Waals surface area contributed by atoms with Gasteiger partial charge in [0.1, 0.15) is 5.84 Å². The fraction of sp³-hybridized carbons (Fsp3) is 0.714. The van der Waals surface area contributed by atoms with E-state index in [1.54, 1.807) is 0 Å². The molecular formula is C7H13N3O. The number of hydrogen-bond donors (Lipinski definition) is 2. The lowest BCUT2D eigenvalue weighted by atomic mass is 10.3. The molecule has 2 N–H and O–H groups in total. The summed E-state index contributed by atoms with van der Waals surface area (Å²) < 4.78 is 0. The average Bonchev–Trinajstić information content (AvgIpc) is 2.37. The van der Waals surface area contributed by atoms with E-state index in [0.29, 0.717) is 6.54 Å². The lowest BCUT2D eigenvalue weighted by Gasteiger charge is -2.01. The number of amides is 2. The molecule has 0 aromatic carbocycles. The third-order valence-electron chi connectivity index (χ3n) is 1.50. The summed E-state index contributed by atoms with van der Waals surface area (Å²) in [6.45, 7) is 3.59. The lowest BCUT2D eigenvalue weighted by molar-refractivity contribution is 0.252. The van der Waals surface area contributed by atoms with Gasteiger partial charge in [-0.2, -0.15) is 4.99 Å². The van der Waals surface area contributed by atoms with E-state index in [0.717, 1.165) is 25.2 Å². The molecule has 11 heavy (non-hydrogen) atoms. The zero-order chi connectivity index (χ0) is 8.10. The van der Waals surface area contributed by atoms with Gasteiger partial charge in [-0.05, 0) is 6.42 Å². The third-order valence-corrected chi connectivity index (χ3v) is 1.50. The summed E-state index contributed by atoms with van der Waals surface area (Å²) in [6.07, 6.45) is 2.27. The number of urea groups is 1. The molecule has 0 saturated carbocycles. The molecular weight excluding hydrogens is 142 g/mol. The summed E-state index contributed by atoms with van der Waals surface area (Å²) in [5.74, 6) is 0.767. The lowest BCUT2D eigenvalue weighted by Crippen LogP contribution is -2.28. The molecule has 0 saturated heterocycles. The van der Waals surface area contributed by atoms with Crippen LogP contribution < -0.4 is 10.6 Å². The second-order valence-electron chi connectivity index (χ2n) is 2.50. The molecule has 0 atom stereocenters. The van der Waals surface area contributed by atoms with E-state index in [2.05, 4.69) is 22.5 Å². The maximum atomic E-state index is 10.5. The third kappa shape index (κ3) is 2.57. The standard InChI is InChI=1S/C7H13N3O/c1-2-3-4-8-6-5-9-7(11)10-6/h2-5H2,1H3,(H2,8,9,10,11). The van der Waals surface area contributed by atoms with Crippen molar-refractivity contribution in [3.8, 4) is 0 Å². The molecule has 0 aromatic heterocycles. The number of rotatable bonds is 3. The topological polar surface area (TPSA) is 53.5 Å². The number of carbonyl (C=O) groups is 1. The second-order valence-corrected chi connectivity index (χ2v) is 2.50. The fourth-order valence-electron chi connectivity index (χ4n) is 0.872. The van der Waals surface area contributed by atoms with E-state index < -0.39 is 0 Å². The summed E-state index contributed by atoms with van der Waals surface area (Å²) >= 11 is 0. The van der Waals surface area contributed by atoms with Gasteiger partial charge < -0.3 is 10.6 Å². The predicted octanol–water partition coefficient (Wildman–Crippen LogP) is 0.498. The molecule has 0 unspecified atom stereocenters. The van der Waals surface area contributed by atoms with Crippen LogP contribution in [0.1, 0.15) is 19.8 Å². The Hall–Kier alpha value is -1.06. The Morgan fingerprint density at radius 2 is 2.55 bits per heavy atom. The molecule has 2 amide bonds. The van der Waals surface area contributed by atoms with E-state index in [1.165, 1.54) is 0 Å². The number of carbonyl (C=O) groups excluding carboxylic acids is 1. The van der Waals surface area contributed by atoms with Crippen molar-refractivity contribution in [2.75, 3.05) is 13.1 Å². The summed E-state index contributed by atoms with van der Waals surface area (Å²) in [5.41, 5.74) is 0. The Bertz CT molecular complexity index is 177. The van der Waals surface area contributed by atoms with Crippen molar-refractivity contribution in [1.82, 2.24) is 10.6 Å². The number of nitrogens with one attached hydrogen (secondary N) is 2. The maximum Gasteiger partial charge on any atom is 0.343 e. The summed E-state index contributed by atoms with van der Waals surface area (Å²) in [5, 5.41) is 5.67. The van der Waals surface area contributed by atoms with Gasteiger partial charge in [-0.25, -0.2) is 4.79 Å². The van der Waals surface area contributed by atoms with Gasteiger partial charge in [0.2, 0.25) is 0 Å². The first-order chi connectivity index (χ1) is 5.33. The molecule has 1 heterocycles. The number of nitrogens with zero attached hydrogens (tertiary/aromatic N) is 1. The molecule has 4 nitrogen and oxygen atoms in total. The van der Waals surface area contributed by atoms with Crippen LogP contribution in [0.2, 0.25) is 0 Å². The minimum Gasteiger partial charge on any atom is -0.372 e. The van der Waals surface area contributed by atoms with Crippen LogP contribution in [0.5, 0.6) is 0 Å². The van der Waals surface area contributed by atoms with Crippen LogP contribution in [-0.4, -0.2) is 25.0 Å². The minimum atomic E-state index is -0.232. The first-order valence-corrected chi connectivity index (χ1v) is 3.92. The largest absolute Gasteiger partial charge is 0.372 e. The van der Waals surface area contributed by atoms with E-state index >= 15 is 0 Å². The van der Waals surface area contributed by atoms with Crippen LogP contribution in [0, 0.1) is 0 Å². The molecule has 0 aliphatic carbocycles. The van der Waals surface area contributed by atoms with Crippen molar-refractivity contribution in [3.05, 3.63) is 0 Å². The van der Waals surface area contributed by atoms with E-state index in [4.69, 9.17) is 0 Å². The van der Waals surface area contributed by atoms with Crippen LogP contribution in [-0.2, 0) is 0 Å². The molecule has 62 valence electrons. The molecule has 1 aliphatic heterocycles. The normalized spacial score (nSPS) is 16.1. The number of amidine groups is 1. The maximum absolute atomic E-state index is 10.5. The van der Waals surface area contributed by atoms with Gasteiger partial charge in [0.15, 0.2) is 0 Å². The summed E-state index contributed by atoms with van der Waals surface area (Å²) in [4.78, 5) is 14.3. The predicted molar refractivity (Wildman–Crippen MR) is 43.7 cm³/mol. The fourth-order valence-corrected chi connectivity index (χ4v) is 0.872. The zero-order valence-corrected chi connectivity index (χ0v) is 6.68. The molecule has 0 fully saturated rings. The molecule has 0 spiro atoms. The Morgan fingerprint density at radius 1 is 1.73 bits per heavy atom. The molecule has 0 aromatic rings. The minimum absolute atomic E-state index is 0.232. The van der Waals surface area contributed by atoms with Crippen molar-refractivity contribution < 1.29 is 4.79 Å². The van der Waals surface area contributed by atoms with Gasteiger partial charge in [-0.15, -0.1) is 0 Å². The van der Waals surface area contributed by atoms with Gasteiger partial charge in [0, 0.05) is 6.54 Å². The van der Waals surface area contributed by atoms with Crippen molar-refractivity contribution in [2.45, 2.75) is 19.8 Å². The van der Waals surface area contributed by atoms with Crippen molar-refractivity contribution >= 4 is 11.9 Å². The molecule has 1 aliphatic rings. The highest BCUT2D eigenvalue weighted by atomic mass is 16.2. The highest BCUT2D eigenvalue weighted by molar-refractivity contribution is 6.01. The van der Waals surface area contributed by atoms with E-state index in [1.807, 2.05) is 0 Å². The summed E-state index contributed by atoms with van der Waals surface area (Å²) in [7, 11) is 0. The van der Waals surface area contributed by atoms with Crippen molar-refractivity contribution in [2.24, 2.45) is 4.99 Å². The van der Waals surface area contributed by atoms with E-state index in [9.17, 15) is 4.79 Å². The number of unbranched alkanes of at least 4 members (excludes halogenated alkanes) is 1. The highest BCUT2D eigenvalue weighted by Gasteiger charge is 2.10. The van der Waals surface area contributed by atoms with Gasteiger partial charge in [0.25, 0.3) is 0 Å². The molecule has 4 heteroatoms. The van der Waals surface area contributed by atoms with Crippen LogP contribution >= 0.6 is 0 Å². The van der Waals surface area contributed by atoms with Crippen molar-refractivity contribution in [3.63, 3.8) is 0 Å². The molecule has 1 rings (SSSR count). The van der Waals surface area contributed by atoms with Crippen LogP contribution in [0.4, 0.5) is 4.79 Å². The Morgan fingerprint density at radius 3 is 3.09 bits per heavy atom. The zero-order valence-electron chi connectivity index (χ0n) is 6.68. The van der Waals surface area contributed by atoms with Crippen molar-refractivity contribution in [1.29, 1.82) is 0 Å². The second kappa shape index (κ2) is 3.95. The number of aliphatic imine (C=N–C) groups is 1. The highest BCUT2D eigenvalue weighted by Crippen LogP contribution is 1.88. The SMILES string of the molecule is CCCCNC1=NC(=O)NC1. The Balaban J connectivity index is 2.17. The first kappa shape index (κ1) is 8.04. The number of hydrogen-bond acceptors (Lipinski definition) is 2. The smallest absolute Gasteiger partial charge is 0.343 e. The average molecular weight is 155 g/mol. The van der Waals surface area contributed by atoms with Gasteiger partial charge in [0.05, 0.1) is 6.54 Å². The Kier molecular flexibility index (Phi) is 2.89. The molecule has 0 radical (unpaired) electrons. The van der Waals surface area contributed by atoms with Gasteiger partial charge >= 0.3 is 6.03 Å². The quantitative estimate of drug-likeness (QED) is 0.583. The van der Waals surface area contributed by atoms with Crippen LogP contribution in [0.3, 0.4) is 0 Å². The Labute approximate surface area is 66.1 Å².